The third kappa shape index (κ3) is 2.07. The molecule has 3 rings (SSSR count). The van der Waals surface area contributed by atoms with Gasteiger partial charge in [-0.1, -0.05) is 0 Å². The largest absolute Gasteiger partial charge is 0.461 e. The van der Waals surface area contributed by atoms with E-state index in [1.54, 1.807) is 25.1 Å². The summed E-state index contributed by atoms with van der Waals surface area (Å²) < 4.78 is 6.87. The van der Waals surface area contributed by atoms with Gasteiger partial charge >= 0.3 is 5.97 Å². The van der Waals surface area contributed by atoms with Gasteiger partial charge in [0.2, 0.25) is 0 Å². The molecule has 0 saturated carbocycles. The number of rotatable bonds is 2. The van der Waals surface area contributed by atoms with Crippen LogP contribution in [0.1, 0.15) is 47.8 Å². The average molecular weight is 287 g/mol. The summed E-state index contributed by atoms with van der Waals surface area (Å²) in [5.41, 5.74) is 1.48. The molecule has 0 bridgehead atoms. The van der Waals surface area contributed by atoms with Crippen LogP contribution in [-0.4, -0.2) is 34.1 Å². The van der Waals surface area contributed by atoms with Crippen LogP contribution in [0.25, 0.3) is 11.0 Å². The van der Waals surface area contributed by atoms with Gasteiger partial charge in [0.05, 0.1) is 12.6 Å². The Bertz CT molecular complexity index is 735. The number of fused-ring (bicyclic) bond motifs is 3. The molecule has 3 heterocycles. The molecule has 21 heavy (non-hydrogen) atoms. The van der Waals surface area contributed by atoms with E-state index in [0.29, 0.717) is 17.9 Å². The second-order valence-corrected chi connectivity index (χ2v) is 5.23. The molecule has 2 aromatic rings. The van der Waals surface area contributed by atoms with Crippen molar-refractivity contribution in [3.63, 3.8) is 0 Å². The van der Waals surface area contributed by atoms with Gasteiger partial charge < -0.3 is 14.6 Å². The lowest BCUT2D eigenvalue weighted by atomic mass is 10.1. The van der Waals surface area contributed by atoms with E-state index in [-0.39, 0.29) is 23.7 Å². The Kier molecular flexibility index (Phi) is 3.16. The second kappa shape index (κ2) is 4.87. The summed E-state index contributed by atoms with van der Waals surface area (Å²) in [5, 5.41) is 3.77. The minimum atomic E-state index is -0.448. The summed E-state index contributed by atoms with van der Waals surface area (Å²) in [6, 6.07) is 5.30. The van der Waals surface area contributed by atoms with Gasteiger partial charge in [0.25, 0.3) is 5.91 Å². The normalized spacial score (nSPS) is 21.0. The molecule has 1 aliphatic rings. The van der Waals surface area contributed by atoms with Crippen LogP contribution in [-0.2, 0) is 4.74 Å². The van der Waals surface area contributed by atoms with Crippen LogP contribution in [0.4, 0.5) is 0 Å². The quantitative estimate of drug-likeness (QED) is 0.856. The number of esters is 1. The molecule has 0 saturated heterocycles. The van der Waals surface area contributed by atoms with E-state index in [2.05, 4.69) is 10.3 Å². The van der Waals surface area contributed by atoms with E-state index in [4.69, 9.17) is 4.74 Å². The molecular weight excluding hydrogens is 270 g/mol. The number of nitrogens with one attached hydrogen (secondary N) is 1. The summed E-state index contributed by atoms with van der Waals surface area (Å²) in [6.45, 7) is 6.03. The molecular formula is C15H17N3O3. The van der Waals surface area contributed by atoms with Gasteiger partial charge in [0.1, 0.15) is 11.3 Å². The maximum atomic E-state index is 12.1. The fourth-order valence-electron chi connectivity index (χ4n) is 2.63. The molecule has 110 valence electrons. The monoisotopic (exact) mass is 287 g/mol. The first kappa shape index (κ1) is 13.6. The lowest BCUT2D eigenvalue weighted by molar-refractivity contribution is 0.0519. The predicted molar refractivity (Wildman–Crippen MR) is 77.3 cm³/mol. The minimum Gasteiger partial charge on any atom is -0.461 e. The zero-order valence-corrected chi connectivity index (χ0v) is 12.2. The van der Waals surface area contributed by atoms with Crippen LogP contribution < -0.4 is 5.32 Å². The molecule has 0 aliphatic carbocycles. The fraction of sp³-hybridized carbons (Fsp3) is 0.400. The zero-order valence-electron chi connectivity index (χ0n) is 12.2. The first-order chi connectivity index (χ1) is 10.0. The van der Waals surface area contributed by atoms with Crippen LogP contribution in [0.3, 0.4) is 0 Å². The van der Waals surface area contributed by atoms with E-state index in [1.807, 2.05) is 18.4 Å². The molecule has 1 amide bonds. The Labute approximate surface area is 122 Å². The second-order valence-electron chi connectivity index (χ2n) is 5.23. The molecule has 1 N–H and O–H groups in total. The van der Waals surface area contributed by atoms with E-state index >= 15 is 0 Å². The molecule has 0 aromatic carbocycles. The smallest absolute Gasteiger partial charge is 0.356 e. The molecule has 0 spiro atoms. The number of amides is 1. The highest BCUT2D eigenvalue weighted by atomic mass is 16.5. The van der Waals surface area contributed by atoms with Crippen molar-refractivity contribution in [1.29, 1.82) is 0 Å². The van der Waals surface area contributed by atoms with Gasteiger partial charge in [-0.25, -0.2) is 9.78 Å². The predicted octanol–water partition coefficient (Wildman–Crippen LogP) is 1.91. The SMILES string of the molecule is CCOC(=O)c1ccc2cc3n(c2n1)C(C)C(C)NC3=O. The van der Waals surface area contributed by atoms with Crippen molar-refractivity contribution >= 4 is 22.9 Å². The maximum absolute atomic E-state index is 12.1. The third-order valence-electron chi connectivity index (χ3n) is 3.89. The Hall–Kier alpha value is -2.37. The number of carbonyl (C=O) groups excluding carboxylic acids is 2. The first-order valence-corrected chi connectivity index (χ1v) is 7.03. The molecule has 0 radical (unpaired) electrons. The summed E-state index contributed by atoms with van der Waals surface area (Å²) in [7, 11) is 0. The van der Waals surface area contributed by atoms with Crippen molar-refractivity contribution in [2.24, 2.45) is 0 Å². The van der Waals surface area contributed by atoms with Gasteiger partial charge in [0, 0.05) is 11.4 Å². The van der Waals surface area contributed by atoms with Crippen molar-refractivity contribution < 1.29 is 14.3 Å². The summed E-state index contributed by atoms with van der Waals surface area (Å²) in [5.74, 6) is -0.563. The number of pyridine rings is 1. The lowest BCUT2D eigenvalue weighted by Crippen LogP contribution is -2.44. The average Bonchev–Trinajstić information content (AvgIpc) is 2.84. The number of ether oxygens (including phenoxy) is 1. The molecule has 0 fully saturated rings. The Morgan fingerprint density at radius 2 is 2.19 bits per heavy atom. The molecule has 6 nitrogen and oxygen atoms in total. The van der Waals surface area contributed by atoms with E-state index < -0.39 is 5.97 Å². The number of aromatic nitrogens is 2. The van der Waals surface area contributed by atoms with Crippen LogP contribution in [0.5, 0.6) is 0 Å². The van der Waals surface area contributed by atoms with Crippen molar-refractivity contribution in [2.45, 2.75) is 32.9 Å². The Morgan fingerprint density at radius 1 is 1.43 bits per heavy atom. The van der Waals surface area contributed by atoms with Gasteiger partial charge in [0.15, 0.2) is 5.69 Å². The summed E-state index contributed by atoms with van der Waals surface area (Å²) in [4.78, 5) is 28.3. The molecule has 2 aromatic heterocycles. The maximum Gasteiger partial charge on any atom is 0.356 e. The van der Waals surface area contributed by atoms with E-state index in [1.165, 1.54) is 0 Å². The molecule has 2 unspecified atom stereocenters. The highest BCUT2D eigenvalue weighted by molar-refractivity contribution is 6.00. The third-order valence-corrected chi connectivity index (χ3v) is 3.89. The lowest BCUT2D eigenvalue weighted by Gasteiger charge is -2.29. The Balaban J connectivity index is 2.17. The van der Waals surface area contributed by atoms with Crippen molar-refractivity contribution in [3.05, 3.63) is 29.6 Å². The molecule has 6 heteroatoms. The summed E-state index contributed by atoms with van der Waals surface area (Å²) >= 11 is 0. The Morgan fingerprint density at radius 3 is 2.90 bits per heavy atom. The van der Waals surface area contributed by atoms with Crippen LogP contribution in [0, 0.1) is 0 Å². The van der Waals surface area contributed by atoms with Crippen molar-refractivity contribution in [1.82, 2.24) is 14.9 Å². The van der Waals surface area contributed by atoms with Gasteiger partial charge in [-0.15, -0.1) is 0 Å². The highest BCUT2D eigenvalue weighted by Crippen LogP contribution is 2.28. The first-order valence-electron chi connectivity index (χ1n) is 7.03. The summed E-state index contributed by atoms with van der Waals surface area (Å²) in [6.07, 6.45) is 0. The van der Waals surface area contributed by atoms with E-state index in [0.717, 1.165) is 5.39 Å². The number of nitrogens with zero attached hydrogens (tertiary/aromatic N) is 2. The minimum absolute atomic E-state index is 0.00801. The van der Waals surface area contributed by atoms with Gasteiger partial charge in [-0.2, -0.15) is 0 Å². The number of carbonyl (C=O) groups is 2. The molecule has 1 aliphatic heterocycles. The van der Waals surface area contributed by atoms with Gasteiger partial charge in [-0.3, -0.25) is 4.79 Å². The fourth-order valence-corrected chi connectivity index (χ4v) is 2.63. The van der Waals surface area contributed by atoms with Gasteiger partial charge in [-0.05, 0) is 39.0 Å². The van der Waals surface area contributed by atoms with Crippen molar-refractivity contribution in [2.75, 3.05) is 6.61 Å². The highest BCUT2D eigenvalue weighted by Gasteiger charge is 2.30. The topological polar surface area (TPSA) is 73.2 Å². The zero-order chi connectivity index (χ0) is 15.1. The molecule has 2 atom stereocenters. The van der Waals surface area contributed by atoms with Crippen LogP contribution in [0.15, 0.2) is 18.2 Å². The van der Waals surface area contributed by atoms with Crippen LogP contribution >= 0.6 is 0 Å². The van der Waals surface area contributed by atoms with Crippen LogP contribution in [0.2, 0.25) is 0 Å². The van der Waals surface area contributed by atoms with E-state index in [9.17, 15) is 9.59 Å². The standard InChI is InChI=1S/C15H17N3O3/c1-4-21-15(20)11-6-5-10-7-12-14(19)16-8(2)9(3)18(12)13(10)17-11/h5-9H,4H2,1-3H3,(H,16,19). The van der Waals surface area contributed by atoms with Crippen molar-refractivity contribution in [3.8, 4) is 0 Å². The number of hydrogen-bond donors (Lipinski definition) is 1. The number of hydrogen-bond acceptors (Lipinski definition) is 4.